The van der Waals surface area contributed by atoms with Crippen LogP contribution in [0.15, 0.2) is 65.6 Å². The van der Waals surface area contributed by atoms with Crippen molar-refractivity contribution in [2.75, 3.05) is 0 Å². The van der Waals surface area contributed by atoms with Gasteiger partial charge in [-0.3, -0.25) is 10.1 Å². The maximum absolute atomic E-state index is 11.1. The van der Waals surface area contributed by atoms with E-state index in [1.807, 2.05) is 60.7 Å². The van der Waals surface area contributed by atoms with Crippen molar-refractivity contribution >= 4 is 11.8 Å². The molecule has 0 bridgehead atoms. The van der Waals surface area contributed by atoms with Gasteiger partial charge in [0.2, 0.25) is 6.04 Å². The van der Waals surface area contributed by atoms with Crippen LogP contribution in [0.4, 0.5) is 0 Å². The summed E-state index contributed by atoms with van der Waals surface area (Å²) in [7, 11) is 0. The second kappa shape index (κ2) is 6.38. The van der Waals surface area contributed by atoms with Crippen LogP contribution in [-0.4, -0.2) is 11.0 Å². The summed E-state index contributed by atoms with van der Waals surface area (Å²) in [6.45, 7) is 1.66. The van der Waals surface area contributed by atoms with E-state index in [0.29, 0.717) is 0 Å². The van der Waals surface area contributed by atoms with E-state index in [1.54, 1.807) is 6.92 Å². The van der Waals surface area contributed by atoms with Gasteiger partial charge in [0.15, 0.2) is 0 Å². The van der Waals surface area contributed by atoms with E-state index in [1.165, 1.54) is 11.8 Å². The minimum absolute atomic E-state index is 0.182. The molecule has 2 aromatic carbocycles. The molecule has 0 fully saturated rings. The molecule has 0 spiro atoms. The van der Waals surface area contributed by atoms with Gasteiger partial charge in [0.05, 0.1) is 0 Å². The van der Waals surface area contributed by atoms with E-state index < -0.39 is 6.04 Å². The number of benzene rings is 2. The van der Waals surface area contributed by atoms with E-state index in [2.05, 4.69) is 0 Å². The number of thioether (sulfide) groups is 1. The molecule has 0 aromatic heterocycles. The topological polar surface area (TPSA) is 43.1 Å². The first-order chi connectivity index (χ1) is 9.18. The third-order valence-corrected chi connectivity index (χ3v) is 4.37. The predicted molar refractivity (Wildman–Crippen MR) is 77.9 cm³/mol. The number of hydrogen-bond donors (Lipinski definition) is 0. The summed E-state index contributed by atoms with van der Waals surface area (Å²) in [6, 6.07) is 18.8. The summed E-state index contributed by atoms with van der Waals surface area (Å²) >= 11 is 1.54. The van der Waals surface area contributed by atoms with E-state index in [4.69, 9.17) is 0 Å². The molecule has 19 heavy (non-hydrogen) atoms. The quantitative estimate of drug-likeness (QED) is 0.466. The van der Waals surface area contributed by atoms with E-state index in [9.17, 15) is 10.1 Å². The number of nitrogens with zero attached hydrogens (tertiary/aromatic N) is 1. The molecule has 2 rings (SSSR count). The fourth-order valence-corrected chi connectivity index (χ4v) is 3.04. The van der Waals surface area contributed by atoms with Crippen LogP contribution >= 0.6 is 11.8 Å². The van der Waals surface area contributed by atoms with Crippen LogP contribution in [0.25, 0.3) is 0 Å². The zero-order chi connectivity index (χ0) is 13.7. The molecule has 98 valence electrons. The molecule has 4 heteroatoms. The van der Waals surface area contributed by atoms with Crippen molar-refractivity contribution in [3.8, 4) is 0 Å². The van der Waals surface area contributed by atoms with Crippen LogP contribution in [0.3, 0.4) is 0 Å². The highest BCUT2D eigenvalue weighted by molar-refractivity contribution is 7.99. The van der Waals surface area contributed by atoms with Crippen molar-refractivity contribution in [3.63, 3.8) is 0 Å². The van der Waals surface area contributed by atoms with Gasteiger partial charge in [0.1, 0.15) is 5.25 Å². The van der Waals surface area contributed by atoms with Crippen molar-refractivity contribution in [1.82, 2.24) is 0 Å². The fourth-order valence-electron chi connectivity index (χ4n) is 1.84. The summed E-state index contributed by atoms with van der Waals surface area (Å²) < 4.78 is 0. The zero-order valence-electron chi connectivity index (χ0n) is 10.6. The highest BCUT2D eigenvalue weighted by atomic mass is 32.2. The number of hydrogen-bond acceptors (Lipinski definition) is 3. The average Bonchev–Trinajstić information content (AvgIpc) is 2.46. The second-order valence-corrected chi connectivity index (χ2v) is 5.50. The van der Waals surface area contributed by atoms with Gasteiger partial charge in [0, 0.05) is 16.7 Å². The number of rotatable bonds is 5. The molecule has 0 N–H and O–H groups in total. The summed E-state index contributed by atoms with van der Waals surface area (Å²) in [5.74, 6) is 0. The van der Waals surface area contributed by atoms with Crippen molar-refractivity contribution in [3.05, 3.63) is 76.3 Å². The summed E-state index contributed by atoms with van der Waals surface area (Å²) in [5, 5.41) is 10.9. The normalized spacial score (nSPS) is 13.7. The van der Waals surface area contributed by atoms with E-state index in [-0.39, 0.29) is 10.2 Å². The molecule has 0 unspecified atom stereocenters. The molecule has 0 saturated heterocycles. The molecule has 0 aliphatic heterocycles. The Morgan fingerprint density at radius 3 is 2.05 bits per heavy atom. The minimum Gasteiger partial charge on any atom is -0.264 e. The largest absolute Gasteiger partial charge is 0.264 e. The smallest absolute Gasteiger partial charge is 0.226 e. The van der Waals surface area contributed by atoms with Gasteiger partial charge < -0.3 is 0 Å². The van der Waals surface area contributed by atoms with Gasteiger partial charge in [-0.1, -0.05) is 48.5 Å². The third kappa shape index (κ3) is 3.58. The van der Waals surface area contributed by atoms with Crippen molar-refractivity contribution in [2.45, 2.75) is 23.1 Å². The average molecular weight is 273 g/mol. The molecule has 0 aliphatic carbocycles. The summed E-state index contributed by atoms with van der Waals surface area (Å²) in [4.78, 5) is 11.9. The van der Waals surface area contributed by atoms with Crippen LogP contribution in [0.5, 0.6) is 0 Å². The minimum atomic E-state index is -0.632. The maximum Gasteiger partial charge on any atom is 0.226 e. The first kappa shape index (κ1) is 13.6. The molecule has 3 nitrogen and oxygen atoms in total. The van der Waals surface area contributed by atoms with E-state index in [0.717, 1.165) is 10.5 Å². The lowest BCUT2D eigenvalue weighted by Gasteiger charge is -2.18. The Morgan fingerprint density at radius 2 is 1.53 bits per heavy atom. The van der Waals surface area contributed by atoms with Crippen LogP contribution in [0.2, 0.25) is 0 Å². The van der Waals surface area contributed by atoms with Crippen LogP contribution in [0.1, 0.15) is 17.7 Å². The Morgan fingerprint density at radius 1 is 1.00 bits per heavy atom. The standard InChI is InChI=1S/C15H15NO2S/c1-12(16(17)18)15(13-8-4-2-5-9-13)19-14-10-6-3-7-11-14/h2-12,15H,1H3/t12-,15-/m0/s1. The fraction of sp³-hybridized carbons (Fsp3) is 0.200. The molecule has 0 heterocycles. The van der Waals surface area contributed by atoms with Gasteiger partial charge in [-0.25, -0.2) is 0 Å². The molecular formula is C15H15NO2S. The molecule has 0 saturated carbocycles. The third-order valence-electron chi connectivity index (χ3n) is 2.91. The van der Waals surface area contributed by atoms with Gasteiger partial charge in [-0.2, -0.15) is 0 Å². The Bertz CT molecular complexity index is 530. The molecule has 2 aromatic rings. The Kier molecular flexibility index (Phi) is 4.58. The molecule has 0 amide bonds. The monoisotopic (exact) mass is 273 g/mol. The highest BCUT2D eigenvalue weighted by Gasteiger charge is 2.28. The van der Waals surface area contributed by atoms with Crippen LogP contribution in [-0.2, 0) is 0 Å². The van der Waals surface area contributed by atoms with Crippen molar-refractivity contribution in [2.24, 2.45) is 0 Å². The lowest BCUT2D eigenvalue weighted by molar-refractivity contribution is -0.518. The first-order valence-electron chi connectivity index (χ1n) is 6.08. The van der Waals surface area contributed by atoms with Crippen LogP contribution < -0.4 is 0 Å². The number of nitro groups is 1. The zero-order valence-corrected chi connectivity index (χ0v) is 11.4. The maximum atomic E-state index is 11.1. The molecular weight excluding hydrogens is 258 g/mol. The second-order valence-electron chi connectivity index (χ2n) is 4.29. The summed E-state index contributed by atoms with van der Waals surface area (Å²) in [6.07, 6.45) is 0. The molecule has 2 atom stereocenters. The van der Waals surface area contributed by atoms with Crippen molar-refractivity contribution < 1.29 is 4.92 Å². The molecule has 0 radical (unpaired) electrons. The summed E-state index contributed by atoms with van der Waals surface area (Å²) in [5.41, 5.74) is 0.987. The van der Waals surface area contributed by atoms with Gasteiger partial charge >= 0.3 is 0 Å². The molecule has 0 aliphatic rings. The first-order valence-corrected chi connectivity index (χ1v) is 6.96. The Labute approximate surface area is 116 Å². The van der Waals surface area contributed by atoms with Gasteiger partial charge in [-0.05, 0) is 17.7 Å². The Balaban J connectivity index is 2.27. The van der Waals surface area contributed by atoms with Gasteiger partial charge in [-0.15, -0.1) is 11.8 Å². The highest BCUT2D eigenvalue weighted by Crippen LogP contribution is 2.38. The Hall–Kier alpha value is -1.81. The predicted octanol–water partition coefficient (Wildman–Crippen LogP) is 4.19. The van der Waals surface area contributed by atoms with Crippen molar-refractivity contribution in [1.29, 1.82) is 0 Å². The van der Waals surface area contributed by atoms with Crippen LogP contribution in [0, 0.1) is 10.1 Å². The lowest BCUT2D eigenvalue weighted by atomic mass is 10.1. The lowest BCUT2D eigenvalue weighted by Crippen LogP contribution is -2.22. The SMILES string of the molecule is C[C@@H]([C@H](Sc1ccccc1)c1ccccc1)[N+](=O)[O-]. The van der Waals surface area contributed by atoms with Gasteiger partial charge in [0.25, 0.3) is 0 Å². The van der Waals surface area contributed by atoms with E-state index >= 15 is 0 Å².